The molecule has 0 saturated carbocycles. The summed E-state index contributed by atoms with van der Waals surface area (Å²) in [5.41, 5.74) is 2.29. The van der Waals surface area contributed by atoms with Crippen molar-refractivity contribution in [3.63, 3.8) is 0 Å². The number of thiophene rings is 2. The van der Waals surface area contributed by atoms with Gasteiger partial charge in [0.2, 0.25) is 0 Å². The highest BCUT2D eigenvalue weighted by Gasteiger charge is 2.05. The van der Waals surface area contributed by atoms with E-state index in [4.69, 9.17) is 11.6 Å². The molecule has 20 heavy (non-hydrogen) atoms. The van der Waals surface area contributed by atoms with Gasteiger partial charge in [-0.1, -0.05) is 17.7 Å². The third kappa shape index (κ3) is 3.36. The molecule has 0 unspecified atom stereocenters. The van der Waals surface area contributed by atoms with Crippen LogP contribution >= 0.6 is 56.9 Å². The largest absolute Gasteiger partial charge is 0.379 e. The van der Waals surface area contributed by atoms with Crippen LogP contribution in [0.15, 0.2) is 47.2 Å². The van der Waals surface area contributed by atoms with Crippen molar-refractivity contribution >= 4 is 62.6 Å². The SMILES string of the molecule is Clc1cc(I)ccc1NCc1cc(-c2cccs2)cs1. The molecule has 0 aliphatic heterocycles. The van der Waals surface area contributed by atoms with E-state index in [0.717, 1.165) is 20.8 Å². The van der Waals surface area contributed by atoms with Crippen molar-refractivity contribution in [3.05, 3.63) is 60.6 Å². The summed E-state index contributed by atoms with van der Waals surface area (Å²) in [5.74, 6) is 0. The molecule has 2 heterocycles. The minimum absolute atomic E-state index is 0.770. The van der Waals surface area contributed by atoms with Crippen molar-refractivity contribution in [1.82, 2.24) is 0 Å². The van der Waals surface area contributed by atoms with Gasteiger partial charge in [0.05, 0.1) is 10.7 Å². The Balaban J connectivity index is 1.70. The molecular formula is C15H11ClINS2. The van der Waals surface area contributed by atoms with E-state index >= 15 is 0 Å². The molecule has 0 atom stereocenters. The molecule has 1 aromatic carbocycles. The quantitative estimate of drug-likeness (QED) is 0.475. The molecule has 1 nitrogen and oxygen atoms in total. The van der Waals surface area contributed by atoms with Gasteiger partial charge in [0.1, 0.15) is 0 Å². The van der Waals surface area contributed by atoms with Crippen LogP contribution in [0, 0.1) is 3.57 Å². The van der Waals surface area contributed by atoms with Crippen molar-refractivity contribution in [1.29, 1.82) is 0 Å². The van der Waals surface area contributed by atoms with Crippen molar-refractivity contribution in [3.8, 4) is 10.4 Å². The Morgan fingerprint density at radius 3 is 2.80 bits per heavy atom. The highest BCUT2D eigenvalue weighted by atomic mass is 127. The third-order valence-corrected chi connectivity index (χ3v) is 5.68. The summed E-state index contributed by atoms with van der Waals surface area (Å²) in [6.45, 7) is 0.802. The second kappa shape index (κ2) is 6.47. The molecule has 5 heteroatoms. The average Bonchev–Trinajstić information content (AvgIpc) is 3.08. The first-order chi connectivity index (χ1) is 9.72. The van der Waals surface area contributed by atoms with E-state index < -0.39 is 0 Å². The Labute approximate surface area is 144 Å². The Hall–Kier alpha value is -0.560. The zero-order chi connectivity index (χ0) is 13.9. The summed E-state index contributed by atoms with van der Waals surface area (Å²) >= 11 is 12.0. The molecule has 3 rings (SSSR count). The van der Waals surface area contributed by atoms with Crippen molar-refractivity contribution in [2.75, 3.05) is 5.32 Å². The highest BCUT2D eigenvalue weighted by molar-refractivity contribution is 14.1. The number of halogens is 2. The van der Waals surface area contributed by atoms with E-state index in [1.807, 2.05) is 12.1 Å². The molecule has 1 N–H and O–H groups in total. The predicted octanol–water partition coefficient (Wildman–Crippen LogP) is 6.35. The normalized spacial score (nSPS) is 10.7. The first-order valence-electron chi connectivity index (χ1n) is 6.02. The smallest absolute Gasteiger partial charge is 0.0648 e. The summed E-state index contributed by atoms with van der Waals surface area (Å²) in [6, 6.07) is 12.5. The maximum Gasteiger partial charge on any atom is 0.0648 e. The zero-order valence-corrected chi connectivity index (χ0v) is 14.9. The van der Waals surface area contributed by atoms with Crippen LogP contribution in [0.25, 0.3) is 10.4 Å². The first kappa shape index (κ1) is 14.4. The minimum Gasteiger partial charge on any atom is -0.379 e. The van der Waals surface area contributed by atoms with Gasteiger partial charge in [0.25, 0.3) is 0 Å². The van der Waals surface area contributed by atoms with Gasteiger partial charge in [-0.05, 0) is 63.7 Å². The lowest BCUT2D eigenvalue weighted by Gasteiger charge is -2.07. The molecule has 3 aromatic rings. The van der Waals surface area contributed by atoms with E-state index in [1.54, 1.807) is 22.7 Å². The second-order valence-corrected chi connectivity index (χ2v) is 7.85. The van der Waals surface area contributed by atoms with Gasteiger partial charge in [-0.2, -0.15) is 0 Å². The molecule has 0 aliphatic carbocycles. The van der Waals surface area contributed by atoms with Crippen LogP contribution in [-0.2, 0) is 6.54 Å². The molecule has 0 saturated heterocycles. The van der Waals surface area contributed by atoms with Gasteiger partial charge in [-0.15, -0.1) is 22.7 Å². The average molecular weight is 432 g/mol. The van der Waals surface area contributed by atoms with E-state index in [-0.39, 0.29) is 0 Å². The Kier molecular flexibility index (Phi) is 4.65. The molecule has 0 radical (unpaired) electrons. The minimum atomic E-state index is 0.770. The lowest BCUT2D eigenvalue weighted by atomic mass is 10.2. The molecule has 0 amide bonds. The van der Waals surface area contributed by atoms with E-state index in [2.05, 4.69) is 62.9 Å². The lowest BCUT2D eigenvalue weighted by Crippen LogP contribution is -1.98. The van der Waals surface area contributed by atoms with Crippen molar-refractivity contribution < 1.29 is 0 Å². The van der Waals surface area contributed by atoms with E-state index in [9.17, 15) is 0 Å². The molecular weight excluding hydrogens is 421 g/mol. The highest BCUT2D eigenvalue weighted by Crippen LogP contribution is 2.30. The molecule has 2 aromatic heterocycles. The zero-order valence-electron chi connectivity index (χ0n) is 10.4. The fourth-order valence-electron chi connectivity index (χ4n) is 1.86. The molecule has 0 spiro atoms. The van der Waals surface area contributed by atoms with Gasteiger partial charge in [0, 0.05) is 25.4 Å². The number of rotatable bonds is 4. The van der Waals surface area contributed by atoms with Crippen LogP contribution in [-0.4, -0.2) is 0 Å². The summed E-state index contributed by atoms with van der Waals surface area (Å²) in [4.78, 5) is 2.63. The lowest BCUT2D eigenvalue weighted by molar-refractivity contribution is 1.19. The third-order valence-electron chi connectivity index (χ3n) is 2.84. The van der Waals surface area contributed by atoms with Crippen LogP contribution in [0.2, 0.25) is 5.02 Å². The van der Waals surface area contributed by atoms with Gasteiger partial charge in [-0.3, -0.25) is 0 Å². The Morgan fingerprint density at radius 1 is 1.15 bits per heavy atom. The number of anilines is 1. The standard InChI is InChI=1S/C15H11ClINS2/c16-13-7-11(17)3-4-14(13)18-8-12-6-10(9-20-12)15-2-1-5-19-15/h1-7,9,18H,8H2. The van der Waals surface area contributed by atoms with Crippen molar-refractivity contribution in [2.45, 2.75) is 6.54 Å². The Morgan fingerprint density at radius 2 is 2.05 bits per heavy atom. The maximum absolute atomic E-state index is 6.22. The van der Waals surface area contributed by atoms with Crippen molar-refractivity contribution in [2.24, 2.45) is 0 Å². The second-order valence-electron chi connectivity index (χ2n) is 4.26. The summed E-state index contributed by atoms with van der Waals surface area (Å²) in [6.07, 6.45) is 0. The fourth-order valence-corrected chi connectivity index (χ4v) is 4.40. The van der Waals surface area contributed by atoms with Crippen LogP contribution in [0.4, 0.5) is 5.69 Å². The van der Waals surface area contributed by atoms with Gasteiger partial charge < -0.3 is 5.32 Å². The number of nitrogens with one attached hydrogen (secondary N) is 1. The van der Waals surface area contributed by atoms with E-state index in [0.29, 0.717) is 0 Å². The van der Waals surface area contributed by atoms with Gasteiger partial charge in [-0.25, -0.2) is 0 Å². The fraction of sp³-hybridized carbons (Fsp3) is 0.0667. The van der Waals surface area contributed by atoms with Crippen LogP contribution in [0.5, 0.6) is 0 Å². The monoisotopic (exact) mass is 431 g/mol. The summed E-state index contributed by atoms with van der Waals surface area (Å²) in [5, 5.41) is 8.48. The Bertz CT molecular complexity index is 706. The molecule has 0 fully saturated rings. The summed E-state index contributed by atoms with van der Waals surface area (Å²) < 4.78 is 1.15. The van der Waals surface area contributed by atoms with Gasteiger partial charge in [0.15, 0.2) is 0 Å². The molecule has 0 bridgehead atoms. The maximum atomic E-state index is 6.22. The molecule has 102 valence electrons. The van der Waals surface area contributed by atoms with Crippen LogP contribution in [0.1, 0.15) is 4.88 Å². The summed E-state index contributed by atoms with van der Waals surface area (Å²) in [7, 11) is 0. The van der Waals surface area contributed by atoms with E-state index in [1.165, 1.54) is 15.3 Å². The number of benzene rings is 1. The molecule has 0 aliphatic rings. The van der Waals surface area contributed by atoms with Gasteiger partial charge >= 0.3 is 0 Å². The first-order valence-corrected chi connectivity index (χ1v) is 9.24. The van der Waals surface area contributed by atoms with Crippen LogP contribution < -0.4 is 5.32 Å². The number of hydrogen-bond acceptors (Lipinski definition) is 3. The number of hydrogen-bond donors (Lipinski definition) is 1. The predicted molar refractivity (Wildman–Crippen MR) is 99.1 cm³/mol. The topological polar surface area (TPSA) is 12.0 Å². The van der Waals surface area contributed by atoms with Crippen LogP contribution in [0.3, 0.4) is 0 Å².